The average Bonchev–Trinajstić information content (AvgIpc) is 3.42. The van der Waals surface area contributed by atoms with E-state index in [-0.39, 0.29) is 17.4 Å². The highest BCUT2D eigenvalue weighted by Crippen LogP contribution is 2.41. The molecule has 0 unspecified atom stereocenters. The Hall–Kier alpha value is -4.06. The molecule has 6 heteroatoms. The van der Waals surface area contributed by atoms with E-state index in [1.54, 1.807) is 11.0 Å². The van der Waals surface area contributed by atoms with Gasteiger partial charge in [-0.1, -0.05) is 56.3 Å². The van der Waals surface area contributed by atoms with Gasteiger partial charge >= 0.3 is 0 Å². The van der Waals surface area contributed by atoms with Crippen LogP contribution in [0.4, 0.5) is 0 Å². The van der Waals surface area contributed by atoms with Crippen molar-refractivity contribution in [1.82, 2.24) is 4.90 Å². The first-order valence-corrected chi connectivity index (χ1v) is 13.7. The fourth-order valence-corrected chi connectivity index (χ4v) is 5.26. The number of aliphatic hydroxyl groups excluding tert-OH is 1. The lowest BCUT2D eigenvalue weighted by atomic mass is 9.94. The second kappa shape index (κ2) is 11.4. The van der Waals surface area contributed by atoms with Crippen molar-refractivity contribution in [2.75, 3.05) is 13.2 Å². The van der Waals surface area contributed by atoms with Crippen LogP contribution in [0.25, 0.3) is 5.76 Å². The first kappa shape index (κ1) is 26.5. The molecule has 3 aromatic carbocycles. The molecular formula is C33H35NO5. The van der Waals surface area contributed by atoms with Crippen molar-refractivity contribution >= 4 is 17.4 Å². The molecule has 5 rings (SSSR count). The van der Waals surface area contributed by atoms with E-state index in [2.05, 4.69) is 13.8 Å². The summed E-state index contributed by atoms with van der Waals surface area (Å²) in [6.45, 7) is 7.19. The van der Waals surface area contributed by atoms with E-state index in [0.29, 0.717) is 36.8 Å². The second-order valence-electron chi connectivity index (χ2n) is 10.8. The number of aliphatic hydroxyl groups is 1. The zero-order chi connectivity index (χ0) is 27.5. The summed E-state index contributed by atoms with van der Waals surface area (Å²) in [5, 5.41) is 11.5. The molecule has 0 aliphatic carbocycles. The summed E-state index contributed by atoms with van der Waals surface area (Å²) in [5.74, 6) is 0.507. The smallest absolute Gasteiger partial charge is 0.295 e. The molecule has 2 atom stereocenters. The van der Waals surface area contributed by atoms with Crippen molar-refractivity contribution in [2.45, 2.75) is 52.2 Å². The van der Waals surface area contributed by atoms with Crippen LogP contribution >= 0.6 is 0 Å². The van der Waals surface area contributed by atoms with Crippen LogP contribution in [0.2, 0.25) is 0 Å². The molecule has 1 amide bonds. The van der Waals surface area contributed by atoms with E-state index in [4.69, 9.17) is 9.47 Å². The number of amides is 1. The zero-order valence-corrected chi connectivity index (χ0v) is 22.7. The Labute approximate surface area is 229 Å². The fraction of sp³-hybridized carbons (Fsp3) is 0.333. The number of hydrogen-bond donors (Lipinski definition) is 1. The number of ketones is 1. The number of rotatable bonds is 9. The number of nitrogens with zero attached hydrogens (tertiary/aromatic N) is 1. The Morgan fingerprint density at radius 3 is 2.62 bits per heavy atom. The minimum absolute atomic E-state index is 0.0550. The lowest BCUT2D eigenvalue weighted by Crippen LogP contribution is -2.31. The Morgan fingerprint density at radius 1 is 1.05 bits per heavy atom. The highest BCUT2D eigenvalue weighted by molar-refractivity contribution is 6.46. The van der Waals surface area contributed by atoms with E-state index in [1.807, 2.05) is 73.7 Å². The first-order chi connectivity index (χ1) is 18.8. The Bertz CT molecular complexity index is 1390. The van der Waals surface area contributed by atoms with Crippen LogP contribution in [0.1, 0.15) is 55.5 Å². The van der Waals surface area contributed by atoms with Gasteiger partial charge in [-0.25, -0.2) is 0 Å². The normalized spacial score (nSPS) is 19.8. The lowest BCUT2D eigenvalue weighted by molar-refractivity contribution is -0.139. The van der Waals surface area contributed by atoms with Gasteiger partial charge in [0.25, 0.3) is 11.7 Å². The Morgan fingerprint density at radius 2 is 1.85 bits per heavy atom. The van der Waals surface area contributed by atoms with Crippen LogP contribution in [0.3, 0.4) is 0 Å². The minimum Gasteiger partial charge on any atom is -0.507 e. The minimum atomic E-state index is -0.731. The number of likely N-dealkylation sites (tertiary alicyclic amines) is 1. The molecule has 0 aromatic heterocycles. The van der Waals surface area contributed by atoms with Gasteiger partial charge in [0.1, 0.15) is 23.4 Å². The van der Waals surface area contributed by atoms with Gasteiger partial charge in [-0.05, 0) is 72.7 Å². The summed E-state index contributed by atoms with van der Waals surface area (Å²) in [5.41, 5.74) is 3.36. The molecule has 1 saturated heterocycles. The van der Waals surface area contributed by atoms with Gasteiger partial charge in [0.05, 0.1) is 18.2 Å². The van der Waals surface area contributed by atoms with E-state index in [9.17, 15) is 14.7 Å². The summed E-state index contributed by atoms with van der Waals surface area (Å²) in [6, 6.07) is 22.0. The van der Waals surface area contributed by atoms with E-state index in [1.165, 1.54) is 0 Å². The van der Waals surface area contributed by atoms with Crippen molar-refractivity contribution in [3.8, 4) is 11.5 Å². The summed E-state index contributed by atoms with van der Waals surface area (Å²) in [7, 11) is 0. The third kappa shape index (κ3) is 5.70. The number of hydrogen-bond acceptors (Lipinski definition) is 5. The number of benzene rings is 3. The molecule has 2 heterocycles. The van der Waals surface area contributed by atoms with Crippen LogP contribution in [-0.2, 0) is 22.4 Å². The maximum Gasteiger partial charge on any atom is 0.295 e. The molecular weight excluding hydrogens is 490 g/mol. The summed E-state index contributed by atoms with van der Waals surface area (Å²) < 4.78 is 11.8. The monoisotopic (exact) mass is 525 g/mol. The standard InChI is InChI=1S/C33H35NO5/c1-21(2)15-17-38-27-11-7-10-24(20-27)30-29(31(35)25-12-13-28-26(19-25)18-22(3)39-28)32(36)33(37)34(30)16-14-23-8-5-4-6-9-23/h4-13,19-22,30,35H,14-18H2,1-3H3/b31-29+/t22-,30-/m0/s1. The molecule has 0 bridgehead atoms. The van der Waals surface area contributed by atoms with Crippen molar-refractivity contribution in [3.63, 3.8) is 0 Å². The average molecular weight is 526 g/mol. The van der Waals surface area contributed by atoms with Crippen LogP contribution in [0, 0.1) is 5.92 Å². The van der Waals surface area contributed by atoms with Crippen molar-refractivity contribution in [2.24, 2.45) is 5.92 Å². The molecule has 0 saturated carbocycles. The Kier molecular flexibility index (Phi) is 7.73. The molecule has 3 aromatic rings. The highest BCUT2D eigenvalue weighted by Gasteiger charge is 2.46. The van der Waals surface area contributed by atoms with Gasteiger partial charge in [0, 0.05) is 18.5 Å². The predicted octanol–water partition coefficient (Wildman–Crippen LogP) is 6.10. The SMILES string of the molecule is CC(C)CCOc1cccc([C@H]2/C(=C(\O)c3ccc4c(c3)C[C@H](C)O4)C(=O)C(=O)N2CCc2ccccc2)c1. The molecule has 1 fully saturated rings. The summed E-state index contributed by atoms with van der Waals surface area (Å²) in [6.07, 6.45) is 2.28. The van der Waals surface area contributed by atoms with Crippen molar-refractivity contribution in [1.29, 1.82) is 0 Å². The van der Waals surface area contributed by atoms with E-state index >= 15 is 0 Å². The molecule has 0 spiro atoms. The fourth-order valence-electron chi connectivity index (χ4n) is 5.26. The number of Topliss-reactive ketones (excluding diaryl/α,β-unsaturated/α-hetero) is 1. The first-order valence-electron chi connectivity index (χ1n) is 13.7. The quantitative estimate of drug-likeness (QED) is 0.208. The highest BCUT2D eigenvalue weighted by atomic mass is 16.5. The zero-order valence-electron chi connectivity index (χ0n) is 22.7. The van der Waals surface area contributed by atoms with E-state index < -0.39 is 17.7 Å². The molecule has 0 radical (unpaired) electrons. The van der Waals surface area contributed by atoms with Crippen LogP contribution in [0.15, 0.2) is 78.4 Å². The number of carbonyl (C=O) groups is 2. The van der Waals surface area contributed by atoms with Crippen LogP contribution in [-0.4, -0.2) is 41.0 Å². The predicted molar refractivity (Wildman–Crippen MR) is 151 cm³/mol. The molecule has 39 heavy (non-hydrogen) atoms. The lowest BCUT2D eigenvalue weighted by Gasteiger charge is -2.26. The van der Waals surface area contributed by atoms with Crippen LogP contribution < -0.4 is 9.47 Å². The van der Waals surface area contributed by atoms with Crippen LogP contribution in [0.5, 0.6) is 11.5 Å². The molecule has 202 valence electrons. The summed E-state index contributed by atoms with van der Waals surface area (Å²) >= 11 is 0. The number of ether oxygens (including phenoxy) is 2. The molecule has 1 N–H and O–H groups in total. The second-order valence-corrected chi connectivity index (χ2v) is 10.8. The van der Waals surface area contributed by atoms with Crippen molar-refractivity contribution in [3.05, 3.63) is 101 Å². The maximum atomic E-state index is 13.5. The third-order valence-electron chi connectivity index (χ3n) is 7.33. The van der Waals surface area contributed by atoms with Gasteiger partial charge in [-0.3, -0.25) is 9.59 Å². The third-order valence-corrected chi connectivity index (χ3v) is 7.33. The number of carbonyl (C=O) groups excluding carboxylic acids is 2. The summed E-state index contributed by atoms with van der Waals surface area (Å²) in [4.78, 5) is 28.5. The Balaban J connectivity index is 1.53. The van der Waals surface area contributed by atoms with Gasteiger partial charge < -0.3 is 19.5 Å². The molecule has 2 aliphatic heterocycles. The van der Waals surface area contributed by atoms with E-state index in [0.717, 1.165) is 35.3 Å². The van der Waals surface area contributed by atoms with Crippen molar-refractivity contribution < 1.29 is 24.2 Å². The van der Waals surface area contributed by atoms with Gasteiger partial charge in [0.2, 0.25) is 0 Å². The van der Waals surface area contributed by atoms with Gasteiger partial charge in [-0.2, -0.15) is 0 Å². The topological polar surface area (TPSA) is 76.1 Å². The molecule has 6 nitrogen and oxygen atoms in total. The van der Waals surface area contributed by atoms with Gasteiger partial charge in [-0.15, -0.1) is 0 Å². The largest absolute Gasteiger partial charge is 0.507 e. The van der Waals surface area contributed by atoms with Gasteiger partial charge in [0.15, 0.2) is 0 Å². The molecule has 2 aliphatic rings. The maximum absolute atomic E-state index is 13.5. The number of fused-ring (bicyclic) bond motifs is 1.